The summed E-state index contributed by atoms with van der Waals surface area (Å²) in [5.74, 6) is 2.50. The summed E-state index contributed by atoms with van der Waals surface area (Å²) in [5.41, 5.74) is 1.14. The predicted octanol–water partition coefficient (Wildman–Crippen LogP) is 4.60. The molecule has 0 aliphatic heterocycles. The Bertz CT molecular complexity index is 380. The Hall–Kier alpha value is -0.830. The highest BCUT2D eigenvalue weighted by molar-refractivity contribution is 5.14. The van der Waals surface area contributed by atoms with Crippen molar-refractivity contribution in [3.8, 4) is 0 Å². The summed E-state index contributed by atoms with van der Waals surface area (Å²) in [7, 11) is 0. The Morgan fingerprint density at radius 1 is 1.26 bits per heavy atom. The molecule has 3 nitrogen and oxygen atoms in total. The van der Waals surface area contributed by atoms with E-state index in [1.165, 1.54) is 38.5 Å². The number of oxazole rings is 1. The molecule has 108 valence electrons. The maximum Gasteiger partial charge on any atom is 0.197 e. The monoisotopic (exact) mass is 265 g/mol. The van der Waals surface area contributed by atoms with E-state index in [9.17, 15) is 0 Å². The summed E-state index contributed by atoms with van der Waals surface area (Å²) in [4.78, 5) is 4.70. The van der Waals surface area contributed by atoms with Crippen molar-refractivity contribution in [1.29, 1.82) is 0 Å². The fraction of sp³-hybridized carbons (Fsp3) is 0.812. The third-order valence-electron chi connectivity index (χ3n) is 3.54. The molecule has 1 aromatic rings. The number of ether oxygens (including phenoxy) is 1. The lowest BCUT2D eigenvalue weighted by atomic mass is 10.1. The summed E-state index contributed by atoms with van der Waals surface area (Å²) >= 11 is 0. The van der Waals surface area contributed by atoms with Crippen molar-refractivity contribution in [2.45, 2.75) is 84.3 Å². The first-order valence-corrected chi connectivity index (χ1v) is 7.80. The largest absolute Gasteiger partial charge is 0.443 e. The molecule has 2 rings (SSSR count). The van der Waals surface area contributed by atoms with Crippen molar-refractivity contribution in [3.63, 3.8) is 0 Å². The van der Waals surface area contributed by atoms with Crippen molar-refractivity contribution < 1.29 is 9.15 Å². The van der Waals surface area contributed by atoms with Gasteiger partial charge in [0.2, 0.25) is 0 Å². The van der Waals surface area contributed by atoms with Crippen molar-refractivity contribution in [3.05, 3.63) is 17.3 Å². The predicted molar refractivity (Wildman–Crippen MR) is 76.2 cm³/mol. The average molecular weight is 265 g/mol. The number of hydrogen-bond donors (Lipinski definition) is 0. The van der Waals surface area contributed by atoms with Crippen LogP contribution in [0.4, 0.5) is 0 Å². The first-order chi connectivity index (χ1) is 9.20. The molecule has 1 aromatic heterocycles. The molecule has 0 atom stereocenters. The molecule has 0 aromatic carbocycles. The molecule has 0 N–H and O–H groups in total. The van der Waals surface area contributed by atoms with E-state index in [4.69, 9.17) is 14.1 Å². The van der Waals surface area contributed by atoms with Gasteiger partial charge in [0.25, 0.3) is 0 Å². The Balaban J connectivity index is 1.92. The zero-order valence-corrected chi connectivity index (χ0v) is 12.6. The number of rotatable bonds is 9. The summed E-state index contributed by atoms with van der Waals surface area (Å²) < 4.78 is 11.6. The quantitative estimate of drug-likeness (QED) is 0.612. The van der Waals surface area contributed by atoms with E-state index in [2.05, 4.69) is 20.8 Å². The molecule has 0 amide bonds. The number of unbranched alkanes of at least 4 members (excludes halogenated alkanes) is 3. The fourth-order valence-electron chi connectivity index (χ4n) is 2.18. The lowest BCUT2D eigenvalue weighted by molar-refractivity contribution is 0.0533. The van der Waals surface area contributed by atoms with Crippen LogP contribution < -0.4 is 0 Å². The Kier molecular flexibility index (Phi) is 5.44. The second kappa shape index (κ2) is 7.09. The van der Waals surface area contributed by atoms with Crippen molar-refractivity contribution in [1.82, 2.24) is 4.98 Å². The highest BCUT2D eigenvalue weighted by Gasteiger charge is 2.30. The molecular formula is C16H27NO2. The van der Waals surface area contributed by atoms with Crippen LogP contribution >= 0.6 is 0 Å². The zero-order valence-electron chi connectivity index (χ0n) is 12.6. The average Bonchev–Trinajstić information content (AvgIpc) is 3.15. The van der Waals surface area contributed by atoms with E-state index in [-0.39, 0.29) is 6.10 Å². The van der Waals surface area contributed by atoms with Crippen LogP contribution in [-0.4, -0.2) is 11.1 Å². The van der Waals surface area contributed by atoms with Crippen LogP contribution in [0.15, 0.2) is 4.42 Å². The van der Waals surface area contributed by atoms with Gasteiger partial charge >= 0.3 is 0 Å². The van der Waals surface area contributed by atoms with Crippen LogP contribution in [0, 0.1) is 0 Å². The van der Waals surface area contributed by atoms with Gasteiger partial charge in [-0.3, -0.25) is 0 Å². The van der Waals surface area contributed by atoms with Gasteiger partial charge in [-0.25, -0.2) is 4.98 Å². The van der Waals surface area contributed by atoms with Crippen molar-refractivity contribution >= 4 is 0 Å². The maximum absolute atomic E-state index is 5.91. The standard InChI is InChI=1S/C16H27NO2/c1-4-5-6-7-8-14-15(11-18-12(2)3)19-16(17-14)13-9-10-13/h12-13H,4-11H2,1-3H3. The van der Waals surface area contributed by atoms with Crippen LogP contribution in [0.1, 0.15) is 82.6 Å². The van der Waals surface area contributed by atoms with Crippen LogP contribution in [0.5, 0.6) is 0 Å². The normalized spacial score (nSPS) is 15.4. The van der Waals surface area contributed by atoms with E-state index < -0.39 is 0 Å². The molecule has 19 heavy (non-hydrogen) atoms. The molecule has 0 saturated heterocycles. The van der Waals surface area contributed by atoms with Crippen LogP contribution in [0.3, 0.4) is 0 Å². The van der Waals surface area contributed by atoms with Gasteiger partial charge in [-0.1, -0.05) is 26.2 Å². The summed E-state index contributed by atoms with van der Waals surface area (Å²) in [6.45, 7) is 6.92. The molecule has 0 bridgehead atoms. The maximum atomic E-state index is 5.91. The molecule has 1 aliphatic carbocycles. The molecule has 1 saturated carbocycles. The van der Waals surface area contributed by atoms with Gasteiger partial charge in [-0.05, 0) is 39.5 Å². The molecule has 3 heteroatoms. The lowest BCUT2D eigenvalue weighted by Crippen LogP contribution is -2.03. The van der Waals surface area contributed by atoms with E-state index >= 15 is 0 Å². The topological polar surface area (TPSA) is 35.3 Å². The Labute approximate surface area is 116 Å². The van der Waals surface area contributed by atoms with Gasteiger partial charge in [-0.2, -0.15) is 0 Å². The fourth-order valence-corrected chi connectivity index (χ4v) is 2.18. The van der Waals surface area contributed by atoms with Gasteiger partial charge in [0.05, 0.1) is 11.8 Å². The highest BCUT2D eigenvalue weighted by atomic mass is 16.5. The number of aryl methyl sites for hydroxylation is 1. The smallest absolute Gasteiger partial charge is 0.197 e. The minimum atomic E-state index is 0.238. The minimum Gasteiger partial charge on any atom is -0.443 e. The first kappa shape index (κ1) is 14.6. The third-order valence-corrected chi connectivity index (χ3v) is 3.54. The van der Waals surface area contributed by atoms with Gasteiger partial charge in [-0.15, -0.1) is 0 Å². The lowest BCUT2D eigenvalue weighted by Gasteiger charge is -2.06. The molecule has 0 radical (unpaired) electrons. The molecule has 0 spiro atoms. The second-order valence-corrected chi connectivity index (χ2v) is 5.87. The van der Waals surface area contributed by atoms with E-state index in [1.54, 1.807) is 0 Å². The first-order valence-electron chi connectivity index (χ1n) is 7.80. The Morgan fingerprint density at radius 3 is 2.68 bits per heavy atom. The van der Waals surface area contributed by atoms with Gasteiger partial charge in [0, 0.05) is 5.92 Å². The number of hydrogen-bond acceptors (Lipinski definition) is 3. The molecular weight excluding hydrogens is 238 g/mol. The highest BCUT2D eigenvalue weighted by Crippen LogP contribution is 2.40. The van der Waals surface area contributed by atoms with Crippen molar-refractivity contribution in [2.75, 3.05) is 0 Å². The van der Waals surface area contributed by atoms with Crippen LogP contribution in [0.2, 0.25) is 0 Å². The van der Waals surface area contributed by atoms with Gasteiger partial charge in [0.1, 0.15) is 6.61 Å². The van der Waals surface area contributed by atoms with Crippen molar-refractivity contribution in [2.24, 2.45) is 0 Å². The Morgan fingerprint density at radius 2 is 2.05 bits per heavy atom. The molecule has 1 heterocycles. The minimum absolute atomic E-state index is 0.238. The van der Waals surface area contributed by atoms with Crippen LogP contribution in [-0.2, 0) is 17.8 Å². The van der Waals surface area contributed by atoms with E-state index in [0.29, 0.717) is 12.5 Å². The zero-order chi connectivity index (χ0) is 13.7. The van der Waals surface area contributed by atoms with E-state index in [1.807, 2.05) is 0 Å². The van der Waals surface area contributed by atoms with Gasteiger partial charge < -0.3 is 9.15 Å². The molecule has 1 aliphatic rings. The summed E-state index contributed by atoms with van der Waals surface area (Å²) in [6, 6.07) is 0. The number of nitrogens with zero attached hydrogens (tertiary/aromatic N) is 1. The SMILES string of the molecule is CCCCCCc1nc(C2CC2)oc1COC(C)C. The molecule has 1 fully saturated rings. The van der Waals surface area contributed by atoms with E-state index in [0.717, 1.165) is 23.8 Å². The number of aromatic nitrogens is 1. The second-order valence-electron chi connectivity index (χ2n) is 5.87. The third kappa shape index (κ3) is 4.64. The molecule has 0 unspecified atom stereocenters. The summed E-state index contributed by atoms with van der Waals surface area (Å²) in [6.07, 6.45) is 8.82. The summed E-state index contributed by atoms with van der Waals surface area (Å²) in [5, 5.41) is 0. The van der Waals surface area contributed by atoms with Crippen LogP contribution in [0.25, 0.3) is 0 Å². The van der Waals surface area contributed by atoms with Gasteiger partial charge in [0.15, 0.2) is 11.7 Å².